The van der Waals surface area contributed by atoms with E-state index in [-0.39, 0.29) is 23.8 Å². The first-order valence-corrected chi connectivity index (χ1v) is 11.4. The molecule has 1 aliphatic heterocycles. The summed E-state index contributed by atoms with van der Waals surface area (Å²) in [4.78, 5) is 50.7. The van der Waals surface area contributed by atoms with Crippen LogP contribution in [0.25, 0.3) is 6.08 Å². The van der Waals surface area contributed by atoms with Crippen LogP contribution in [0.4, 0.5) is 16.2 Å². The van der Waals surface area contributed by atoms with Crippen LogP contribution in [0.15, 0.2) is 72.3 Å². The Kier molecular flexibility index (Phi) is 7.17. The van der Waals surface area contributed by atoms with Crippen LogP contribution in [0.1, 0.15) is 16.7 Å². The Hall–Kier alpha value is -4.43. The van der Waals surface area contributed by atoms with Crippen LogP contribution in [0.2, 0.25) is 5.02 Å². The van der Waals surface area contributed by atoms with Crippen molar-refractivity contribution in [3.63, 3.8) is 0 Å². The summed E-state index contributed by atoms with van der Waals surface area (Å²) in [6.07, 6.45) is 1.38. The van der Waals surface area contributed by atoms with E-state index in [9.17, 15) is 19.2 Å². The quantitative estimate of drug-likeness (QED) is 0.376. The van der Waals surface area contributed by atoms with Crippen LogP contribution >= 0.6 is 11.6 Å². The number of hydrogen-bond donors (Lipinski definition) is 2. The monoisotopic (exact) mass is 503 g/mol. The van der Waals surface area contributed by atoms with Crippen LogP contribution in [0.5, 0.6) is 5.75 Å². The molecule has 3 aromatic carbocycles. The van der Waals surface area contributed by atoms with Crippen LogP contribution in [-0.2, 0) is 14.4 Å². The summed E-state index contributed by atoms with van der Waals surface area (Å²) in [7, 11) is 0. The van der Waals surface area contributed by atoms with E-state index in [1.54, 1.807) is 24.3 Å². The second-order valence-corrected chi connectivity index (χ2v) is 8.52. The number of hydrogen-bond acceptors (Lipinski definition) is 5. The molecule has 0 unspecified atom stereocenters. The highest BCUT2D eigenvalue weighted by Gasteiger charge is 2.36. The molecule has 1 aliphatic rings. The minimum Gasteiger partial charge on any atom is -0.484 e. The van der Waals surface area contributed by atoms with Gasteiger partial charge >= 0.3 is 6.03 Å². The number of barbiturate groups is 1. The van der Waals surface area contributed by atoms with Crippen LogP contribution in [-0.4, -0.2) is 30.4 Å². The first-order chi connectivity index (χ1) is 17.2. The van der Waals surface area contributed by atoms with E-state index in [2.05, 4.69) is 10.6 Å². The highest BCUT2D eigenvalue weighted by atomic mass is 35.5. The minimum atomic E-state index is -0.840. The van der Waals surface area contributed by atoms with E-state index >= 15 is 0 Å². The molecular formula is C27H22ClN3O5. The average Bonchev–Trinajstić information content (AvgIpc) is 2.85. The number of halogens is 1. The van der Waals surface area contributed by atoms with Crippen molar-refractivity contribution in [3.8, 4) is 5.75 Å². The van der Waals surface area contributed by atoms with Gasteiger partial charge in [-0.2, -0.15) is 0 Å². The third-order valence-corrected chi connectivity index (χ3v) is 5.88. The largest absolute Gasteiger partial charge is 0.484 e. The van der Waals surface area contributed by atoms with Crippen molar-refractivity contribution in [2.75, 3.05) is 16.8 Å². The summed E-state index contributed by atoms with van der Waals surface area (Å²) >= 11 is 5.88. The Morgan fingerprint density at radius 1 is 1.00 bits per heavy atom. The number of carbonyl (C=O) groups is 4. The van der Waals surface area contributed by atoms with Crippen molar-refractivity contribution < 1.29 is 23.9 Å². The Bertz CT molecular complexity index is 1380. The Balaban J connectivity index is 1.43. The predicted molar refractivity (Wildman–Crippen MR) is 137 cm³/mol. The van der Waals surface area contributed by atoms with Crippen molar-refractivity contribution in [2.24, 2.45) is 0 Å². The summed E-state index contributed by atoms with van der Waals surface area (Å²) in [5, 5.41) is 5.44. The van der Waals surface area contributed by atoms with Crippen molar-refractivity contribution in [1.82, 2.24) is 5.32 Å². The van der Waals surface area contributed by atoms with Crippen molar-refractivity contribution in [1.29, 1.82) is 0 Å². The molecule has 5 amide bonds. The maximum Gasteiger partial charge on any atom is 0.335 e. The zero-order chi connectivity index (χ0) is 25.8. The number of benzene rings is 3. The molecule has 182 valence electrons. The fourth-order valence-electron chi connectivity index (χ4n) is 3.53. The number of rotatable bonds is 6. The number of imide groups is 2. The molecule has 36 heavy (non-hydrogen) atoms. The molecular weight excluding hydrogens is 482 g/mol. The lowest BCUT2D eigenvalue weighted by molar-refractivity contribution is -0.122. The Morgan fingerprint density at radius 2 is 1.69 bits per heavy atom. The van der Waals surface area contributed by atoms with Gasteiger partial charge in [-0.3, -0.25) is 19.7 Å². The standard InChI is InChI=1S/C27H22ClN3O5/c1-16-4-3-5-23(17(16)2)29-24(32)15-36-21-12-6-18(7-13-21)14-22-25(33)30-27(35)31(26(22)34)20-10-8-19(28)9-11-20/h3-14H,15H2,1-2H3,(H,29,32)(H,30,33,35)/b22-14-. The van der Waals surface area contributed by atoms with Gasteiger partial charge in [0.05, 0.1) is 5.69 Å². The number of carbonyl (C=O) groups excluding carboxylic acids is 4. The van der Waals surface area contributed by atoms with Gasteiger partial charge in [-0.1, -0.05) is 35.9 Å². The third-order valence-electron chi connectivity index (χ3n) is 5.63. The lowest BCUT2D eigenvalue weighted by atomic mass is 10.1. The van der Waals surface area contributed by atoms with E-state index in [0.717, 1.165) is 21.7 Å². The fourth-order valence-corrected chi connectivity index (χ4v) is 3.66. The number of ether oxygens (including phenoxy) is 1. The molecule has 0 radical (unpaired) electrons. The van der Waals surface area contributed by atoms with E-state index < -0.39 is 17.8 Å². The molecule has 2 N–H and O–H groups in total. The summed E-state index contributed by atoms with van der Waals surface area (Å²) < 4.78 is 5.55. The first-order valence-electron chi connectivity index (χ1n) is 11.0. The summed E-state index contributed by atoms with van der Waals surface area (Å²) in [6, 6.07) is 17.4. The number of urea groups is 1. The van der Waals surface area contributed by atoms with Gasteiger partial charge < -0.3 is 10.1 Å². The second-order valence-electron chi connectivity index (χ2n) is 8.09. The highest BCUT2D eigenvalue weighted by molar-refractivity contribution is 6.39. The normalized spacial score (nSPS) is 14.6. The highest BCUT2D eigenvalue weighted by Crippen LogP contribution is 2.24. The zero-order valence-electron chi connectivity index (χ0n) is 19.5. The SMILES string of the molecule is Cc1cccc(NC(=O)COc2ccc(/C=C3/C(=O)NC(=O)N(c4ccc(Cl)cc4)C3=O)cc2)c1C. The molecule has 9 heteroatoms. The number of nitrogens with one attached hydrogen (secondary N) is 2. The molecule has 3 aromatic rings. The maximum atomic E-state index is 12.9. The molecule has 8 nitrogen and oxygen atoms in total. The van der Waals surface area contributed by atoms with E-state index in [1.807, 2.05) is 32.0 Å². The van der Waals surface area contributed by atoms with Crippen molar-refractivity contribution in [3.05, 3.63) is 94.0 Å². The number of amides is 5. The van der Waals surface area contributed by atoms with Crippen LogP contribution in [0, 0.1) is 13.8 Å². The number of aryl methyl sites for hydroxylation is 1. The summed E-state index contributed by atoms with van der Waals surface area (Å²) in [5.74, 6) is -1.41. The number of anilines is 2. The summed E-state index contributed by atoms with van der Waals surface area (Å²) in [6.45, 7) is 3.71. The topological polar surface area (TPSA) is 105 Å². The van der Waals surface area contributed by atoms with Gasteiger partial charge in [0.1, 0.15) is 11.3 Å². The first kappa shape index (κ1) is 24.7. The molecule has 0 aliphatic carbocycles. The molecule has 0 bridgehead atoms. The maximum absolute atomic E-state index is 12.9. The molecule has 0 aromatic heterocycles. The predicted octanol–water partition coefficient (Wildman–Crippen LogP) is 4.64. The van der Waals surface area contributed by atoms with E-state index in [4.69, 9.17) is 16.3 Å². The van der Waals surface area contributed by atoms with E-state index in [0.29, 0.717) is 16.3 Å². The van der Waals surface area contributed by atoms with Gasteiger partial charge in [0.25, 0.3) is 17.7 Å². The molecule has 4 rings (SSSR count). The van der Waals surface area contributed by atoms with E-state index in [1.165, 1.54) is 30.3 Å². The van der Waals surface area contributed by atoms with Crippen molar-refractivity contribution in [2.45, 2.75) is 13.8 Å². The smallest absolute Gasteiger partial charge is 0.335 e. The van der Waals surface area contributed by atoms with Crippen LogP contribution in [0.3, 0.4) is 0 Å². The average molecular weight is 504 g/mol. The minimum absolute atomic E-state index is 0.188. The van der Waals surface area contributed by atoms with Crippen molar-refractivity contribution >= 4 is 52.8 Å². The fraction of sp³-hybridized carbons (Fsp3) is 0.111. The van der Waals surface area contributed by atoms with Gasteiger partial charge in [0, 0.05) is 10.7 Å². The van der Waals surface area contributed by atoms with Crippen LogP contribution < -0.4 is 20.3 Å². The second kappa shape index (κ2) is 10.5. The summed E-state index contributed by atoms with van der Waals surface area (Å²) in [5.41, 5.74) is 3.40. The number of nitrogens with zero attached hydrogens (tertiary/aromatic N) is 1. The Labute approximate surface area is 212 Å². The van der Waals surface area contributed by atoms with Gasteiger partial charge in [-0.05, 0) is 79.1 Å². The molecule has 1 saturated heterocycles. The molecule has 0 saturated carbocycles. The molecule has 0 spiro atoms. The molecule has 1 heterocycles. The van der Waals surface area contributed by atoms with Gasteiger partial charge in [-0.25, -0.2) is 9.69 Å². The molecule has 0 atom stereocenters. The molecule has 1 fully saturated rings. The Morgan fingerprint density at radius 3 is 2.39 bits per heavy atom. The third kappa shape index (κ3) is 5.45. The van der Waals surface area contributed by atoms with Gasteiger partial charge in [-0.15, -0.1) is 0 Å². The van der Waals surface area contributed by atoms with Gasteiger partial charge in [0.15, 0.2) is 6.61 Å². The lowest BCUT2D eigenvalue weighted by Gasteiger charge is -2.26. The zero-order valence-corrected chi connectivity index (χ0v) is 20.3. The van der Waals surface area contributed by atoms with Gasteiger partial charge in [0.2, 0.25) is 0 Å². The lowest BCUT2D eigenvalue weighted by Crippen LogP contribution is -2.54.